The van der Waals surface area contributed by atoms with Crippen LogP contribution in [0.1, 0.15) is 24.8 Å². The van der Waals surface area contributed by atoms with Crippen LogP contribution < -0.4 is 5.73 Å². The maximum absolute atomic E-state index is 13.2. The van der Waals surface area contributed by atoms with Crippen molar-refractivity contribution in [2.75, 3.05) is 13.2 Å². The van der Waals surface area contributed by atoms with Gasteiger partial charge in [0.1, 0.15) is 11.2 Å². The van der Waals surface area contributed by atoms with Crippen molar-refractivity contribution in [1.82, 2.24) is 0 Å². The molecule has 1 aromatic rings. The second-order valence-electron chi connectivity index (χ2n) is 4.28. The average molecular weight is 255 g/mol. The van der Waals surface area contributed by atoms with Crippen molar-refractivity contribution in [3.63, 3.8) is 0 Å². The first kappa shape index (κ1) is 14.6. The Hall–Kier alpha value is -1.46. The molecule has 0 heterocycles. The van der Waals surface area contributed by atoms with E-state index in [2.05, 4.69) is 0 Å². The Morgan fingerprint density at radius 3 is 2.61 bits per heavy atom. The number of carboxylic acids is 1. The molecule has 0 bridgehead atoms. The number of halogens is 1. The van der Waals surface area contributed by atoms with Crippen molar-refractivity contribution < 1.29 is 19.4 Å². The summed E-state index contributed by atoms with van der Waals surface area (Å²) in [6.45, 7) is -0.0966. The normalized spacial score (nSPS) is 14.2. The number of rotatable bonds is 7. The smallest absolute Gasteiger partial charge is 0.315 e. The van der Waals surface area contributed by atoms with Gasteiger partial charge in [-0.05, 0) is 37.0 Å². The summed E-state index contributed by atoms with van der Waals surface area (Å²) >= 11 is 0. The van der Waals surface area contributed by atoms with Crippen molar-refractivity contribution in [3.8, 4) is 0 Å². The standard InChI is InChI=1S/C13H18FNO3/c14-11-5-3-4-10(8-11)13(9-15,12(17)18)6-1-2-7-16/h3-5,8,16H,1-2,6-7,9,15H2,(H,17,18). The molecule has 0 saturated carbocycles. The topological polar surface area (TPSA) is 83.5 Å². The van der Waals surface area contributed by atoms with Crippen molar-refractivity contribution in [2.24, 2.45) is 5.73 Å². The van der Waals surface area contributed by atoms with E-state index in [1.165, 1.54) is 18.2 Å². The fourth-order valence-electron chi connectivity index (χ4n) is 2.01. The Kier molecular flexibility index (Phi) is 5.25. The zero-order valence-electron chi connectivity index (χ0n) is 10.1. The van der Waals surface area contributed by atoms with Crippen LogP contribution in [0, 0.1) is 5.82 Å². The van der Waals surface area contributed by atoms with Crippen molar-refractivity contribution in [1.29, 1.82) is 0 Å². The lowest BCUT2D eigenvalue weighted by atomic mass is 9.76. The summed E-state index contributed by atoms with van der Waals surface area (Å²) in [6.07, 6.45) is 1.31. The molecule has 0 aliphatic rings. The maximum atomic E-state index is 13.2. The Bertz CT molecular complexity index is 411. The van der Waals surface area contributed by atoms with Gasteiger partial charge < -0.3 is 15.9 Å². The second kappa shape index (κ2) is 6.47. The highest BCUT2D eigenvalue weighted by atomic mass is 19.1. The lowest BCUT2D eigenvalue weighted by molar-refractivity contribution is -0.143. The maximum Gasteiger partial charge on any atom is 0.315 e. The van der Waals surface area contributed by atoms with Crippen molar-refractivity contribution >= 4 is 5.97 Å². The molecule has 1 atom stereocenters. The molecule has 18 heavy (non-hydrogen) atoms. The van der Waals surface area contributed by atoms with Gasteiger partial charge in [0.15, 0.2) is 0 Å². The van der Waals surface area contributed by atoms with Crippen molar-refractivity contribution in [2.45, 2.75) is 24.7 Å². The summed E-state index contributed by atoms with van der Waals surface area (Å²) in [5.41, 5.74) is 4.70. The van der Waals surface area contributed by atoms with Gasteiger partial charge in [-0.25, -0.2) is 4.39 Å². The number of hydrogen-bond acceptors (Lipinski definition) is 3. The Balaban J connectivity index is 3.06. The summed E-state index contributed by atoms with van der Waals surface area (Å²) in [5, 5.41) is 18.2. The number of carbonyl (C=O) groups is 1. The summed E-state index contributed by atoms with van der Waals surface area (Å²) in [5.74, 6) is -1.54. The first-order chi connectivity index (χ1) is 8.56. The molecule has 0 aliphatic heterocycles. The lowest BCUT2D eigenvalue weighted by Crippen LogP contribution is -2.43. The third kappa shape index (κ3) is 3.05. The van der Waals surface area contributed by atoms with Crippen LogP contribution in [-0.2, 0) is 10.2 Å². The fourth-order valence-corrected chi connectivity index (χ4v) is 2.01. The van der Waals surface area contributed by atoms with Gasteiger partial charge >= 0.3 is 5.97 Å². The van der Waals surface area contributed by atoms with Crippen LogP contribution in [0.4, 0.5) is 4.39 Å². The molecule has 1 unspecified atom stereocenters. The second-order valence-corrected chi connectivity index (χ2v) is 4.28. The molecule has 100 valence electrons. The summed E-state index contributed by atoms with van der Waals surface area (Å²) in [4.78, 5) is 11.5. The minimum Gasteiger partial charge on any atom is -0.481 e. The number of unbranched alkanes of at least 4 members (excludes halogenated alkanes) is 1. The number of hydrogen-bond donors (Lipinski definition) is 3. The van der Waals surface area contributed by atoms with Crippen LogP contribution in [0.3, 0.4) is 0 Å². The van der Waals surface area contributed by atoms with Crippen LogP contribution in [-0.4, -0.2) is 29.3 Å². The molecule has 0 fully saturated rings. The van der Waals surface area contributed by atoms with E-state index in [1.807, 2.05) is 0 Å². The molecule has 0 amide bonds. The number of carboxylic acid groups (broad SMARTS) is 1. The van der Waals surface area contributed by atoms with E-state index in [4.69, 9.17) is 10.8 Å². The van der Waals surface area contributed by atoms with Crippen LogP contribution >= 0.6 is 0 Å². The largest absolute Gasteiger partial charge is 0.481 e. The van der Waals surface area contributed by atoms with Crippen LogP contribution in [0.25, 0.3) is 0 Å². The molecule has 0 saturated heterocycles. The monoisotopic (exact) mass is 255 g/mol. The third-order valence-electron chi connectivity index (χ3n) is 3.15. The van der Waals surface area contributed by atoms with Gasteiger partial charge in [0, 0.05) is 13.2 Å². The van der Waals surface area contributed by atoms with Gasteiger partial charge in [-0.2, -0.15) is 0 Å². The number of aliphatic carboxylic acids is 1. The number of nitrogens with two attached hydrogens (primary N) is 1. The van der Waals surface area contributed by atoms with Gasteiger partial charge in [0.05, 0.1) is 0 Å². The lowest BCUT2D eigenvalue weighted by Gasteiger charge is -2.28. The molecule has 0 aromatic heterocycles. The van der Waals surface area contributed by atoms with E-state index >= 15 is 0 Å². The first-order valence-corrected chi connectivity index (χ1v) is 5.87. The highest BCUT2D eigenvalue weighted by molar-refractivity contribution is 5.81. The minimum atomic E-state index is -1.28. The van der Waals surface area contributed by atoms with E-state index in [0.717, 1.165) is 0 Å². The van der Waals surface area contributed by atoms with Crippen molar-refractivity contribution in [3.05, 3.63) is 35.6 Å². The van der Waals surface area contributed by atoms with E-state index in [9.17, 15) is 14.3 Å². The van der Waals surface area contributed by atoms with Gasteiger partial charge in [-0.1, -0.05) is 12.1 Å². The molecule has 0 spiro atoms. The summed E-state index contributed by atoms with van der Waals surface area (Å²) in [6, 6.07) is 5.52. The average Bonchev–Trinajstić information content (AvgIpc) is 2.34. The van der Waals surface area contributed by atoms with Crippen LogP contribution in [0.5, 0.6) is 0 Å². The molecular weight excluding hydrogens is 237 g/mol. The fraction of sp³-hybridized carbons (Fsp3) is 0.462. The van der Waals surface area contributed by atoms with Crippen LogP contribution in [0.2, 0.25) is 0 Å². The molecule has 0 aliphatic carbocycles. The predicted octanol–water partition coefficient (Wildman–Crippen LogP) is 1.27. The number of aliphatic hydroxyl groups is 1. The molecule has 5 heteroatoms. The van der Waals surface area contributed by atoms with Gasteiger partial charge in [-0.3, -0.25) is 4.79 Å². The van der Waals surface area contributed by atoms with E-state index < -0.39 is 17.2 Å². The van der Waals surface area contributed by atoms with Gasteiger partial charge in [0.25, 0.3) is 0 Å². The zero-order valence-corrected chi connectivity index (χ0v) is 10.1. The first-order valence-electron chi connectivity index (χ1n) is 5.87. The van der Waals surface area contributed by atoms with E-state index in [0.29, 0.717) is 18.4 Å². The quantitative estimate of drug-likeness (QED) is 0.641. The number of aliphatic hydroxyl groups excluding tert-OH is 1. The molecule has 4 nitrogen and oxygen atoms in total. The predicted molar refractivity (Wildman–Crippen MR) is 65.7 cm³/mol. The third-order valence-corrected chi connectivity index (χ3v) is 3.15. The number of benzene rings is 1. The van der Waals surface area contributed by atoms with E-state index in [1.54, 1.807) is 6.07 Å². The van der Waals surface area contributed by atoms with Crippen LogP contribution in [0.15, 0.2) is 24.3 Å². The van der Waals surface area contributed by atoms with Gasteiger partial charge in [0.2, 0.25) is 0 Å². The Labute approximate surface area is 105 Å². The SMILES string of the molecule is NCC(CCCCO)(C(=O)O)c1cccc(F)c1. The van der Waals surface area contributed by atoms with Gasteiger partial charge in [-0.15, -0.1) is 0 Å². The minimum absolute atomic E-state index is 0.00339. The highest BCUT2D eigenvalue weighted by Gasteiger charge is 2.38. The molecule has 1 rings (SSSR count). The molecule has 4 N–H and O–H groups in total. The zero-order chi connectivity index (χ0) is 13.6. The summed E-state index contributed by atoms with van der Waals surface area (Å²) in [7, 11) is 0. The molecule has 1 aromatic carbocycles. The highest BCUT2D eigenvalue weighted by Crippen LogP contribution is 2.30. The summed E-state index contributed by atoms with van der Waals surface area (Å²) < 4.78 is 13.2. The molecular formula is C13H18FNO3. The Morgan fingerprint density at radius 1 is 1.39 bits per heavy atom. The van der Waals surface area contributed by atoms with E-state index in [-0.39, 0.29) is 19.6 Å². The molecule has 0 radical (unpaired) electrons. The Morgan fingerprint density at radius 2 is 2.11 bits per heavy atom.